The number of nitrogens with zero attached hydrogens (tertiary/aromatic N) is 3. The van der Waals surface area contributed by atoms with E-state index in [4.69, 9.17) is 0 Å². The van der Waals surface area contributed by atoms with Crippen molar-refractivity contribution in [2.45, 2.75) is 24.8 Å². The zero-order valence-corrected chi connectivity index (χ0v) is 10.0. The first-order chi connectivity index (χ1) is 7.75. The molecule has 5 heteroatoms. The molecule has 1 unspecified atom stereocenters. The second kappa shape index (κ2) is 3.73. The van der Waals surface area contributed by atoms with Crippen LogP contribution in [0.4, 0.5) is 4.39 Å². The van der Waals surface area contributed by atoms with Crippen molar-refractivity contribution in [1.82, 2.24) is 0 Å². The van der Waals surface area contributed by atoms with E-state index in [1.807, 2.05) is 30.3 Å². The van der Waals surface area contributed by atoms with Crippen LogP contribution < -0.4 is 0 Å². The van der Waals surface area contributed by atoms with E-state index >= 15 is 0 Å². The lowest BCUT2D eigenvalue weighted by Gasteiger charge is -2.03. The zero-order chi connectivity index (χ0) is 11.1. The summed E-state index contributed by atoms with van der Waals surface area (Å²) in [6.45, 7) is 0. The van der Waals surface area contributed by atoms with Gasteiger partial charge in [0.1, 0.15) is 0 Å². The largest absolute Gasteiger partial charge is 0.305 e. The van der Waals surface area contributed by atoms with Crippen LogP contribution in [0.5, 0.6) is 0 Å². The van der Waals surface area contributed by atoms with Crippen molar-refractivity contribution < 1.29 is 9.09 Å². The van der Waals surface area contributed by atoms with Gasteiger partial charge in [-0.1, -0.05) is 35.0 Å². The lowest BCUT2D eigenvalue weighted by molar-refractivity contribution is -0.635. The van der Waals surface area contributed by atoms with Crippen LogP contribution >= 0.6 is 15.9 Å². The van der Waals surface area contributed by atoms with Gasteiger partial charge in [-0.2, -0.15) is 4.99 Å². The maximum absolute atomic E-state index is 13.8. The van der Waals surface area contributed by atoms with Crippen molar-refractivity contribution in [2.24, 2.45) is 10.1 Å². The highest BCUT2D eigenvalue weighted by Gasteiger charge is 2.51. The van der Waals surface area contributed by atoms with Gasteiger partial charge in [-0.05, 0) is 0 Å². The van der Waals surface area contributed by atoms with Gasteiger partial charge in [0.05, 0.1) is 6.42 Å². The summed E-state index contributed by atoms with van der Waals surface area (Å²) in [6.07, 6.45) is -0.925. The lowest BCUT2D eigenvalue weighted by Crippen LogP contribution is -2.19. The van der Waals surface area contributed by atoms with Gasteiger partial charge in [0.25, 0.3) is 4.74 Å². The molecule has 1 aromatic rings. The second-order valence-electron chi connectivity index (χ2n) is 3.97. The standard InChI is InChI=1S/C11H10BrFN3/c12-11-14-10-8(13)6-9(16(10)15-11)7-4-2-1-3-5-7/h1-5,8-10H,6H2/q+1/t8-,9-,10?/m0/s1. The first-order valence-electron chi connectivity index (χ1n) is 5.18. The average Bonchev–Trinajstić information content (AvgIpc) is 2.80. The molecular formula is C11H10BrFN3+. The highest BCUT2D eigenvalue weighted by Crippen LogP contribution is 2.37. The Hall–Kier alpha value is -1.10. The van der Waals surface area contributed by atoms with Crippen molar-refractivity contribution in [1.29, 1.82) is 0 Å². The summed E-state index contributed by atoms with van der Waals surface area (Å²) in [7, 11) is 0. The SMILES string of the molecule is F[C@H]1C[C@@H](c2ccccc2)[N+]2=NC(Br)=NC12. The van der Waals surface area contributed by atoms with Crippen LogP contribution in [0.2, 0.25) is 0 Å². The second-order valence-corrected chi connectivity index (χ2v) is 4.68. The van der Waals surface area contributed by atoms with Gasteiger partial charge < -0.3 is 0 Å². The van der Waals surface area contributed by atoms with Crippen LogP contribution in [-0.2, 0) is 0 Å². The summed E-state index contributed by atoms with van der Waals surface area (Å²) in [5.74, 6) is 0. The number of alkyl halides is 1. The molecule has 1 aromatic carbocycles. The number of hydrogen-bond acceptors (Lipinski definition) is 2. The van der Waals surface area contributed by atoms with Gasteiger partial charge >= 0.3 is 6.17 Å². The number of rotatable bonds is 1. The van der Waals surface area contributed by atoms with Crippen LogP contribution in [0, 0.1) is 0 Å². The quantitative estimate of drug-likeness (QED) is 0.560. The van der Waals surface area contributed by atoms with Gasteiger partial charge in [-0.3, -0.25) is 0 Å². The van der Waals surface area contributed by atoms with Crippen LogP contribution in [0.15, 0.2) is 40.4 Å². The first-order valence-corrected chi connectivity index (χ1v) is 5.97. The van der Waals surface area contributed by atoms with Crippen LogP contribution in [0.25, 0.3) is 0 Å². The summed E-state index contributed by atoms with van der Waals surface area (Å²) in [4.78, 5) is 4.12. The third-order valence-electron chi connectivity index (χ3n) is 2.98. The van der Waals surface area contributed by atoms with Gasteiger partial charge in [-0.25, -0.2) is 4.39 Å². The molecule has 0 aromatic heterocycles. The Balaban J connectivity index is 1.98. The number of aliphatic imine (C=N–C) groups is 1. The van der Waals surface area contributed by atoms with E-state index in [9.17, 15) is 4.39 Å². The third kappa shape index (κ3) is 1.50. The molecule has 0 N–H and O–H groups in total. The molecule has 2 heterocycles. The smallest absolute Gasteiger partial charge is 0.237 e. The molecule has 82 valence electrons. The minimum Gasteiger partial charge on any atom is -0.237 e. The van der Waals surface area contributed by atoms with Gasteiger partial charge in [-0.15, -0.1) is 0 Å². The molecule has 0 amide bonds. The Kier molecular flexibility index (Phi) is 2.35. The molecule has 0 spiro atoms. The maximum Gasteiger partial charge on any atom is 0.305 e. The minimum absolute atomic E-state index is 0. The van der Waals surface area contributed by atoms with E-state index in [0.29, 0.717) is 11.2 Å². The summed E-state index contributed by atoms with van der Waals surface area (Å²) in [6, 6.07) is 9.88. The van der Waals surface area contributed by atoms with Gasteiger partial charge in [0.15, 0.2) is 6.17 Å². The fraction of sp³-hybridized carbons (Fsp3) is 0.364. The van der Waals surface area contributed by atoms with E-state index in [-0.39, 0.29) is 6.04 Å². The molecule has 3 nitrogen and oxygen atoms in total. The predicted molar refractivity (Wildman–Crippen MR) is 61.5 cm³/mol. The van der Waals surface area contributed by atoms with E-state index in [1.165, 1.54) is 0 Å². The molecule has 3 rings (SSSR count). The van der Waals surface area contributed by atoms with Crippen molar-refractivity contribution in [2.75, 3.05) is 0 Å². The summed E-state index contributed by atoms with van der Waals surface area (Å²) >= 11 is 3.20. The van der Waals surface area contributed by atoms with E-state index in [0.717, 1.165) is 5.56 Å². The van der Waals surface area contributed by atoms with E-state index < -0.39 is 12.3 Å². The Bertz CT molecular complexity index is 471. The predicted octanol–water partition coefficient (Wildman–Crippen LogP) is 3.02. The normalized spacial score (nSPS) is 32.2. The van der Waals surface area contributed by atoms with Crippen molar-refractivity contribution in [3.63, 3.8) is 0 Å². The van der Waals surface area contributed by atoms with Crippen molar-refractivity contribution in [3.05, 3.63) is 35.9 Å². The molecule has 0 aliphatic carbocycles. The molecule has 2 aliphatic rings. The highest BCUT2D eigenvalue weighted by atomic mass is 79.9. The Morgan fingerprint density at radius 1 is 1.31 bits per heavy atom. The third-order valence-corrected chi connectivity index (χ3v) is 3.35. The maximum atomic E-state index is 13.8. The number of benzene rings is 1. The average molecular weight is 283 g/mol. The fourth-order valence-electron chi connectivity index (χ4n) is 2.26. The molecule has 0 radical (unpaired) electrons. The van der Waals surface area contributed by atoms with Gasteiger partial charge in [0, 0.05) is 26.6 Å². The summed E-state index contributed by atoms with van der Waals surface area (Å²) in [5.41, 5.74) is 1.09. The number of amidine groups is 1. The number of hydrogen-bond donors (Lipinski definition) is 0. The van der Waals surface area contributed by atoms with Crippen molar-refractivity contribution >= 4 is 20.7 Å². The summed E-state index contributed by atoms with van der Waals surface area (Å²) < 4.78 is 16.0. The molecule has 1 saturated heterocycles. The van der Waals surface area contributed by atoms with Crippen molar-refractivity contribution in [3.8, 4) is 0 Å². The first kappa shape index (κ1) is 10.1. The monoisotopic (exact) mass is 282 g/mol. The van der Waals surface area contributed by atoms with Crippen LogP contribution in [0.1, 0.15) is 18.0 Å². The number of halogens is 2. The Morgan fingerprint density at radius 2 is 2.06 bits per heavy atom. The number of fused-ring (bicyclic) bond motifs is 1. The molecule has 0 saturated carbocycles. The minimum atomic E-state index is -0.941. The number of azo groups is 2. The molecule has 0 bridgehead atoms. The van der Waals surface area contributed by atoms with Gasteiger partial charge in [0.2, 0.25) is 6.04 Å². The lowest BCUT2D eigenvalue weighted by atomic mass is 10.1. The Labute approximate surface area is 101 Å². The fourth-order valence-corrected chi connectivity index (χ4v) is 2.65. The van der Waals surface area contributed by atoms with Crippen LogP contribution in [0.3, 0.4) is 0 Å². The molecular weight excluding hydrogens is 273 g/mol. The Morgan fingerprint density at radius 3 is 2.81 bits per heavy atom. The zero-order valence-electron chi connectivity index (χ0n) is 8.42. The van der Waals surface area contributed by atoms with Crippen LogP contribution in [-0.4, -0.2) is 21.8 Å². The highest BCUT2D eigenvalue weighted by molar-refractivity contribution is 9.18. The topological polar surface area (TPSA) is 27.7 Å². The summed E-state index contributed by atoms with van der Waals surface area (Å²) in [5, 5.41) is 4.22. The van der Waals surface area contributed by atoms with E-state index in [2.05, 4.69) is 26.0 Å². The molecule has 2 aliphatic heterocycles. The molecule has 3 atom stereocenters. The molecule has 16 heavy (non-hydrogen) atoms. The van der Waals surface area contributed by atoms with E-state index in [1.54, 1.807) is 4.70 Å². The molecule has 1 fully saturated rings.